The summed E-state index contributed by atoms with van der Waals surface area (Å²) in [6.07, 6.45) is 4.44. The van der Waals surface area contributed by atoms with Gasteiger partial charge in [-0.25, -0.2) is 9.78 Å². The molecule has 1 aliphatic heterocycles. The molecule has 23 heavy (non-hydrogen) atoms. The van der Waals surface area contributed by atoms with Gasteiger partial charge in [-0.3, -0.25) is 4.79 Å². The molecule has 0 N–H and O–H groups in total. The number of oxazole rings is 1. The topological polar surface area (TPSA) is 72.6 Å². The van der Waals surface area contributed by atoms with Gasteiger partial charge < -0.3 is 14.1 Å². The van der Waals surface area contributed by atoms with Crippen LogP contribution in [0.2, 0.25) is 0 Å². The van der Waals surface area contributed by atoms with E-state index in [-0.39, 0.29) is 24.6 Å². The summed E-state index contributed by atoms with van der Waals surface area (Å²) < 4.78 is 10.3. The summed E-state index contributed by atoms with van der Waals surface area (Å²) in [4.78, 5) is 30.3. The van der Waals surface area contributed by atoms with Crippen LogP contribution in [0.4, 0.5) is 0 Å². The average molecular weight is 316 g/mol. The van der Waals surface area contributed by atoms with Crippen molar-refractivity contribution in [2.45, 2.75) is 45.2 Å². The van der Waals surface area contributed by atoms with Gasteiger partial charge in [-0.05, 0) is 51.3 Å². The fraction of sp³-hybridized carbons (Fsp3) is 0.471. The average Bonchev–Trinajstić information content (AvgIpc) is 3.00. The molecule has 1 saturated heterocycles. The van der Waals surface area contributed by atoms with E-state index in [1.165, 1.54) is 6.39 Å². The van der Waals surface area contributed by atoms with E-state index in [2.05, 4.69) is 4.98 Å². The van der Waals surface area contributed by atoms with Gasteiger partial charge in [-0.15, -0.1) is 0 Å². The third kappa shape index (κ3) is 3.21. The zero-order chi connectivity index (χ0) is 16.4. The molecule has 1 aliphatic rings. The molecule has 2 atom stereocenters. The molecule has 2 heterocycles. The number of piperidine rings is 1. The summed E-state index contributed by atoms with van der Waals surface area (Å²) in [5, 5.41) is 0. The Labute approximate surface area is 134 Å². The third-order valence-electron chi connectivity index (χ3n) is 4.37. The van der Waals surface area contributed by atoms with Crippen LogP contribution >= 0.6 is 0 Å². The zero-order valence-electron chi connectivity index (χ0n) is 13.3. The minimum absolute atomic E-state index is 0.138. The molecule has 3 rings (SSSR count). The summed E-state index contributed by atoms with van der Waals surface area (Å²) in [5.74, 6) is -0.666. The molecule has 122 valence electrons. The molecule has 2 aromatic rings. The molecular formula is C17H20N2O4. The normalized spacial score (nSPS) is 21.4. The van der Waals surface area contributed by atoms with Crippen LogP contribution in [0.25, 0.3) is 11.1 Å². The highest BCUT2D eigenvalue weighted by Crippen LogP contribution is 2.22. The summed E-state index contributed by atoms with van der Waals surface area (Å²) in [6, 6.07) is 5.24. The van der Waals surface area contributed by atoms with Gasteiger partial charge in [0.1, 0.15) is 5.52 Å². The van der Waals surface area contributed by atoms with E-state index in [9.17, 15) is 9.59 Å². The number of carbonyl (C=O) groups is 2. The Balaban J connectivity index is 1.62. The van der Waals surface area contributed by atoms with Crippen LogP contribution in [-0.2, 0) is 9.53 Å². The van der Waals surface area contributed by atoms with E-state index in [0.29, 0.717) is 16.7 Å². The monoisotopic (exact) mass is 316 g/mol. The number of nitrogens with zero attached hydrogens (tertiary/aromatic N) is 2. The van der Waals surface area contributed by atoms with E-state index >= 15 is 0 Å². The lowest BCUT2D eigenvalue weighted by atomic mass is 9.97. The smallest absolute Gasteiger partial charge is 0.338 e. The van der Waals surface area contributed by atoms with Gasteiger partial charge in [-0.1, -0.05) is 0 Å². The van der Waals surface area contributed by atoms with Crippen LogP contribution in [0.15, 0.2) is 29.0 Å². The summed E-state index contributed by atoms with van der Waals surface area (Å²) in [6.45, 7) is 3.84. The number of hydrogen-bond donors (Lipinski definition) is 0. The molecule has 0 unspecified atom stereocenters. The van der Waals surface area contributed by atoms with Crippen molar-refractivity contribution in [1.29, 1.82) is 0 Å². The Morgan fingerprint density at radius 2 is 2.04 bits per heavy atom. The molecule has 1 amide bonds. The number of aromatic nitrogens is 1. The van der Waals surface area contributed by atoms with Crippen molar-refractivity contribution in [2.75, 3.05) is 6.61 Å². The first-order chi connectivity index (χ1) is 11.1. The predicted molar refractivity (Wildman–Crippen MR) is 83.9 cm³/mol. The molecule has 0 aliphatic carbocycles. The van der Waals surface area contributed by atoms with Crippen LogP contribution in [0.3, 0.4) is 0 Å². The Kier molecular flexibility index (Phi) is 4.32. The van der Waals surface area contributed by atoms with E-state index in [1.54, 1.807) is 18.2 Å². The van der Waals surface area contributed by atoms with Crippen LogP contribution in [0.1, 0.15) is 43.5 Å². The number of esters is 1. The van der Waals surface area contributed by atoms with Gasteiger partial charge >= 0.3 is 5.97 Å². The van der Waals surface area contributed by atoms with Crippen molar-refractivity contribution in [3.63, 3.8) is 0 Å². The van der Waals surface area contributed by atoms with Gasteiger partial charge in [0.2, 0.25) is 0 Å². The minimum Gasteiger partial charge on any atom is -0.452 e. The van der Waals surface area contributed by atoms with Crippen LogP contribution in [0, 0.1) is 0 Å². The van der Waals surface area contributed by atoms with Gasteiger partial charge in [-0.2, -0.15) is 0 Å². The first-order valence-electron chi connectivity index (χ1n) is 7.88. The largest absolute Gasteiger partial charge is 0.452 e. The fourth-order valence-corrected chi connectivity index (χ4v) is 3.18. The number of amides is 1. The number of hydrogen-bond acceptors (Lipinski definition) is 5. The maximum Gasteiger partial charge on any atom is 0.338 e. The third-order valence-corrected chi connectivity index (χ3v) is 4.37. The van der Waals surface area contributed by atoms with Crippen molar-refractivity contribution in [3.8, 4) is 0 Å². The molecule has 0 saturated carbocycles. The summed E-state index contributed by atoms with van der Waals surface area (Å²) in [7, 11) is 0. The van der Waals surface area contributed by atoms with E-state index < -0.39 is 5.97 Å². The molecular weight excluding hydrogens is 296 g/mol. The lowest BCUT2D eigenvalue weighted by Crippen LogP contribution is -2.49. The highest BCUT2D eigenvalue weighted by Gasteiger charge is 2.29. The fourth-order valence-electron chi connectivity index (χ4n) is 3.18. The zero-order valence-corrected chi connectivity index (χ0v) is 13.3. The van der Waals surface area contributed by atoms with Crippen LogP contribution < -0.4 is 0 Å². The van der Waals surface area contributed by atoms with E-state index in [0.717, 1.165) is 19.3 Å². The summed E-state index contributed by atoms with van der Waals surface area (Å²) >= 11 is 0. The lowest BCUT2D eigenvalue weighted by Gasteiger charge is -2.38. The van der Waals surface area contributed by atoms with Gasteiger partial charge in [0.15, 0.2) is 18.6 Å². The molecule has 1 fully saturated rings. The number of ether oxygens (including phenoxy) is 1. The number of likely N-dealkylation sites (tertiary alicyclic amines) is 1. The molecule has 6 heteroatoms. The maximum atomic E-state index is 12.3. The molecule has 1 aromatic carbocycles. The Bertz CT molecular complexity index is 714. The summed E-state index contributed by atoms with van der Waals surface area (Å²) in [5.41, 5.74) is 1.55. The number of benzene rings is 1. The van der Waals surface area contributed by atoms with Crippen LogP contribution in [-0.4, -0.2) is 40.5 Å². The second kappa shape index (κ2) is 6.40. The Morgan fingerprint density at radius 1 is 1.30 bits per heavy atom. The van der Waals surface area contributed by atoms with Crippen molar-refractivity contribution in [3.05, 3.63) is 30.2 Å². The highest BCUT2D eigenvalue weighted by atomic mass is 16.5. The Morgan fingerprint density at radius 3 is 2.78 bits per heavy atom. The van der Waals surface area contributed by atoms with Crippen molar-refractivity contribution in [1.82, 2.24) is 9.88 Å². The minimum atomic E-state index is -0.527. The molecule has 0 bridgehead atoms. The van der Waals surface area contributed by atoms with Crippen LogP contribution in [0.5, 0.6) is 0 Å². The predicted octanol–water partition coefficient (Wildman–Crippen LogP) is 2.77. The SMILES string of the molecule is C[C@@H]1CCC[C@@H](C)N1C(=O)COC(=O)c1ccc2ocnc2c1. The first-order valence-corrected chi connectivity index (χ1v) is 7.88. The standard InChI is InChI=1S/C17H20N2O4/c1-11-4-3-5-12(2)19(11)16(20)9-22-17(21)13-6-7-15-14(8-13)18-10-23-15/h6-8,10-12H,3-5,9H2,1-2H3/t11-,12-/m1/s1. The molecule has 0 spiro atoms. The van der Waals surface area contributed by atoms with Gasteiger partial charge in [0.25, 0.3) is 5.91 Å². The second-order valence-corrected chi connectivity index (χ2v) is 6.04. The van der Waals surface area contributed by atoms with Gasteiger partial charge in [0, 0.05) is 12.1 Å². The number of carbonyl (C=O) groups excluding carboxylic acids is 2. The number of rotatable bonds is 3. The van der Waals surface area contributed by atoms with Gasteiger partial charge in [0.05, 0.1) is 5.56 Å². The molecule has 1 aromatic heterocycles. The van der Waals surface area contributed by atoms with E-state index in [4.69, 9.17) is 9.15 Å². The lowest BCUT2D eigenvalue weighted by molar-refractivity contribution is -0.140. The quantitative estimate of drug-likeness (QED) is 0.814. The first kappa shape index (κ1) is 15.5. The van der Waals surface area contributed by atoms with Crippen molar-refractivity contribution >= 4 is 23.0 Å². The Hall–Kier alpha value is -2.37. The maximum absolute atomic E-state index is 12.3. The van der Waals surface area contributed by atoms with E-state index in [1.807, 2.05) is 18.7 Å². The number of fused-ring (bicyclic) bond motifs is 1. The van der Waals surface area contributed by atoms with Crippen molar-refractivity contribution in [2.24, 2.45) is 0 Å². The molecule has 6 nitrogen and oxygen atoms in total. The second-order valence-electron chi connectivity index (χ2n) is 6.04. The highest BCUT2D eigenvalue weighted by molar-refractivity contribution is 5.94. The molecule has 0 radical (unpaired) electrons. The van der Waals surface area contributed by atoms with Crippen molar-refractivity contribution < 1.29 is 18.7 Å².